The fraction of sp³-hybridized carbons (Fsp3) is 0. The second kappa shape index (κ2) is 11.5. The molecule has 0 atom stereocenters. The SMILES string of the molecule is c1ccc(N(c2ccc(-c3ccc(N(c4ccccc4)c4ccc5sccc5c4)cc3)cc2)c2ccc3sccc3c2)cc1. The summed E-state index contributed by atoms with van der Waals surface area (Å²) in [6.45, 7) is 0. The monoisotopic (exact) mass is 600 g/mol. The van der Waals surface area contributed by atoms with E-state index in [1.165, 1.54) is 31.3 Å². The minimum absolute atomic E-state index is 1.13. The third kappa shape index (κ3) is 5.05. The van der Waals surface area contributed by atoms with Crippen molar-refractivity contribution < 1.29 is 0 Å². The molecule has 6 aromatic carbocycles. The fourth-order valence-electron chi connectivity index (χ4n) is 5.84. The van der Waals surface area contributed by atoms with Crippen molar-refractivity contribution in [1.82, 2.24) is 0 Å². The van der Waals surface area contributed by atoms with Crippen molar-refractivity contribution in [2.24, 2.45) is 0 Å². The van der Waals surface area contributed by atoms with Crippen LogP contribution in [0, 0.1) is 0 Å². The van der Waals surface area contributed by atoms with Crippen LogP contribution in [0.25, 0.3) is 31.3 Å². The van der Waals surface area contributed by atoms with Gasteiger partial charge in [-0.15, -0.1) is 22.7 Å². The van der Waals surface area contributed by atoms with Gasteiger partial charge < -0.3 is 9.80 Å². The summed E-state index contributed by atoms with van der Waals surface area (Å²) in [5.41, 5.74) is 9.22. The Morgan fingerprint density at radius 2 is 0.682 bits per heavy atom. The van der Waals surface area contributed by atoms with Crippen LogP contribution in [0.3, 0.4) is 0 Å². The maximum absolute atomic E-state index is 2.33. The molecule has 4 heteroatoms. The third-order valence-corrected chi connectivity index (χ3v) is 9.80. The van der Waals surface area contributed by atoms with Crippen molar-refractivity contribution in [3.63, 3.8) is 0 Å². The summed E-state index contributed by atoms with van der Waals surface area (Å²) in [5, 5.41) is 6.85. The molecular formula is C40H28N2S2. The summed E-state index contributed by atoms with van der Waals surface area (Å²) in [7, 11) is 0. The standard InChI is InChI=1S/C40H28N2S2/c1-3-7-33(8-4-1)41(37-19-21-39-31(27-37)23-25-43-39)35-15-11-29(12-16-35)30-13-17-36(18-14-30)42(34-9-5-2-6-10-34)38-20-22-40-32(28-38)24-26-44-40/h1-28H. The predicted molar refractivity (Wildman–Crippen MR) is 192 cm³/mol. The van der Waals surface area contributed by atoms with Gasteiger partial charge in [0.25, 0.3) is 0 Å². The van der Waals surface area contributed by atoms with Gasteiger partial charge in [0.15, 0.2) is 0 Å². The number of rotatable bonds is 7. The first-order chi connectivity index (χ1) is 21.8. The van der Waals surface area contributed by atoms with Gasteiger partial charge in [-0.05, 0) is 130 Å². The molecule has 0 bridgehead atoms. The van der Waals surface area contributed by atoms with Crippen LogP contribution in [-0.2, 0) is 0 Å². The maximum Gasteiger partial charge on any atom is 0.0468 e. The van der Waals surface area contributed by atoms with E-state index in [4.69, 9.17) is 0 Å². The zero-order valence-electron chi connectivity index (χ0n) is 23.9. The Morgan fingerprint density at radius 1 is 0.318 bits per heavy atom. The van der Waals surface area contributed by atoms with Gasteiger partial charge in [0.05, 0.1) is 0 Å². The lowest BCUT2D eigenvalue weighted by Crippen LogP contribution is -2.09. The predicted octanol–water partition coefficient (Wildman–Crippen LogP) is 12.7. The summed E-state index contributed by atoms with van der Waals surface area (Å²) in [4.78, 5) is 4.65. The molecule has 8 aromatic rings. The first kappa shape index (κ1) is 26.5. The molecule has 2 nitrogen and oxygen atoms in total. The summed E-state index contributed by atoms with van der Waals surface area (Å²) in [5.74, 6) is 0. The molecule has 210 valence electrons. The van der Waals surface area contributed by atoms with E-state index in [0.29, 0.717) is 0 Å². The average molecular weight is 601 g/mol. The highest BCUT2D eigenvalue weighted by atomic mass is 32.1. The molecule has 0 amide bonds. The Balaban J connectivity index is 1.12. The largest absolute Gasteiger partial charge is 0.310 e. The first-order valence-electron chi connectivity index (χ1n) is 14.7. The van der Waals surface area contributed by atoms with Crippen LogP contribution in [0.15, 0.2) is 168 Å². The van der Waals surface area contributed by atoms with Crippen molar-refractivity contribution >= 4 is 77.0 Å². The van der Waals surface area contributed by atoms with E-state index in [9.17, 15) is 0 Å². The number of thiophene rings is 2. The molecule has 0 saturated heterocycles. The molecular weight excluding hydrogens is 573 g/mol. The van der Waals surface area contributed by atoms with Crippen LogP contribution in [0.5, 0.6) is 0 Å². The normalized spacial score (nSPS) is 11.2. The summed E-state index contributed by atoms with van der Waals surface area (Å²) < 4.78 is 2.61. The smallest absolute Gasteiger partial charge is 0.0468 e. The number of anilines is 6. The van der Waals surface area contributed by atoms with E-state index >= 15 is 0 Å². The number of nitrogens with zero attached hydrogens (tertiary/aromatic N) is 2. The number of para-hydroxylation sites is 2. The van der Waals surface area contributed by atoms with Gasteiger partial charge in [-0.25, -0.2) is 0 Å². The lowest BCUT2D eigenvalue weighted by molar-refractivity contribution is 1.29. The quantitative estimate of drug-likeness (QED) is 0.180. The summed E-state index contributed by atoms with van der Waals surface area (Å²) >= 11 is 3.56. The van der Waals surface area contributed by atoms with Gasteiger partial charge in [0, 0.05) is 43.5 Å². The lowest BCUT2D eigenvalue weighted by atomic mass is 10.0. The Kier molecular flexibility index (Phi) is 6.91. The van der Waals surface area contributed by atoms with Crippen molar-refractivity contribution in [2.75, 3.05) is 9.80 Å². The van der Waals surface area contributed by atoms with E-state index in [0.717, 1.165) is 34.1 Å². The lowest BCUT2D eigenvalue weighted by Gasteiger charge is -2.26. The first-order valence-corrected chi connectivity index (χ1v) is 16.4. The fourth-order valence-corrected chi connectivity index (χ4v) is 7.38. The highest BCUT2D eigenvalue weighted by Crippen LogP contribution is 2.40. The number of benzene rings is 6. The van der Waals surface area contributed by atoms with E-state index in [-0.39, 0.29) is 0 Å². The third-order valence-electron chi connectivity index (χ3n) is 8.00. The molecule has 44 heavy (non-hydrogen) atoms. The van der Waals surface area contributed by atoms with E-state index in [2.05, 4.69) is 178 Å². The highest BCUT2D eigenvalue weighted by molar-refractivity contribution is 7.17. The minimum atomic E-state index is 1.13. The molecule has 0 N–H and O–H groups in total. The van der Waals surface area contributed by atoms with E-state index in [1.54, 1.807) is 22.7 Å². The van der Waals surface area contributed by atoms with Gasteiger partial charge in [-0.1, -0.05) is 60.7 Å². The summed E-state index contributed by atoms with van der Waals surface area (Å²) in [6.07, 6.45) is 0. The molecule has 0 aliphatic carbocycles. The van der Waals surface area contributed by atoms with Crippen molar-refractivity contribution in [2.45, 2.75) is 0 Å². The van der Waals surface area contributed by atoms with Crippen molar-refractivity contribution in [3.8, 4) is 11.1 Å². The molecule has 0 spiro atoms. The van der Waals surface area contributed by atoms with Crippen LogP contribution >= 0.6 is 22.7 Å². The number of hydrogen-bond acceptors (Lipinski definition) is 4. The van der Waals surface area contributed by atoms with Crippen LogP contribution < -0.4 is 9.80 Å². The highest BCUT2D eigenvalue weighted by Gasteiger charge is 2.15. The molecule has 0 fully saturated rings. The molecule has 0 saturated carbocycles. The minimum Gasteiger partial charge on any atom is -0.310 e. The van der Waals surface area contributed by atoms with Gasteiger partial charge in [-0.3, -0.25) is 0 Å². The van der Waals surface area contributed by atoms with Gasteiger partial charge in [0.2, 0.25) is 0 Å². The van der Waals surface area contributed by atoms with E-state index < -0.39 is 0 Å². The maximum atomic E-state index is 2.33. The average Bonchev–Trinajstić information content (AvgIpc) is 3.76. The van der Waals surface area contributed by atoms with Crippen molar-refractivity contribution in [3.05, 3.63) is 168 Å². The van der Waals surface area contributed by atoms with Crippen molar-refractivity contribution in [1.29, 1.82) is 0 Å². The zero-order valence-corrected chi connectivity index (χ0v) is 25.5. The van der Waals surface area contributed by atoms with E-state index in [1.807, 2.05) is 0 Å². The molecule has 8 rings (SSSR count). The second-order valence-electron chi connectivity index (χ2n) is 10.7. The molecule has 2 heterocycles. The number of fused-ring (bicyclic) bond motifs is 2. The molecule has 0 radical (unpaired) electrons. The van der Waals surface area contributed by atoms with Crippen LogP contribution in [-0.4, -0.2) is 0 Å². The Morgan fingerprint density at radius 3 is 1.09 bits per heavy atom. The Labute approximate surface area is 265 Å². The second-order valence-corrected chi connectivity index (χ2v) is 12.6. The summed E-state index contributed by atoms with van der Waals surface area (Å²) in [6, 6.07) is 56.8. The Bertz CT molecular complexity index is 2000. The van der Waals surface area contributed by atoms with Crippen LogP contribution in [0.1, 0.15) is 0 Å². The van der Waals surface area contributed by atoms with Gasteiger partial charge >= 0.3 is 0 Å². The van der Waals surface area contributed by atoms with Crippen LogP contribution in [0.4, 0.5) is 34.1 Å². The molecule has 0 aliphatic rings. The molecule has 0 unspecified atom stereocenters. The Hall–Kier alpha value is -5.16. The van der Waals surface area contributed by atoms with Crippen LogP contribution in [0.2, 0.25) is 0 Å². The molecule has 0 aliphatic heterocycles. The zero-order chi connectivity index (χ0) is 29.3. The topological polar surface area (TPSA) is 6.48 Å². The number of hydrogen-bond donors (Lipinski definition) is 0. The molecule has 2 aromatic heterocycles. The van der Waals surface area contributed by atoms with Gasteiger partial charge in [0.1, 0.15) is 0 Å². The van der Waals surface area contributed by atoms with Gasteiger partial charge in [-0.2, -0.15) is 0 Å².